The molecule has 0 spiro atoms. The van der Waals surface area contributed by atoms with Crippen LogP contribution in [0, 0.1) is 0 Å². The van der Waals surface area contributed by atoms with Crippen molar-refractivity contribution in [2.45, 2.75) is 12.5 Å². The molecule has 2 aromatic rings. The predicted molar refractivity (Wildman–Crippen MR) is 67.5 cm³/mol. The molecule has 17 heavy (non-hydrogen) atoms. The van der Waals surface area contributed by atoms with Gasteiger partial charge in [-0.05, 0) is 29.3 Å². The molecule has 0 bridgehead atoms. The second kappa shape index (κ2) is 4.18. The highest BCUT2D eigenvalue weighted by Crippen LogP contribution is 2.24. The summed E-state index contributed by atoms with van der Waals surface area (Å²) in [5.41, 5.74) is 5.65. The van der Waals surface area contributed by atoms with Gasteiger partial charge in [-0.25, -0.2) is 4.79 Å². The van der Waals surface area contributed by atoms with E-state index in [4.69, 9.17) is 10.5 Å². The highest BCUT2D eigenvalue weighted by Gasteiger charge is 2.31. The van der Waals surface area contributed by atoms with Crippen LogP contribution in [0.1, 0.15) is 12.5 Å². The van der Waals surface area contributed by atoms with Crippen LogP contribution in [0.3, 0.4) is 0 Å². The summed E-state index contributed by atoms with van der Waals surface area (Å²) in [6, 6.07) is 13.7. The molecule has 0 amide bonds. The molecule has 0 aliphatic rings. The third-order valence-electron chi connectivity index (χ3n) is 2.96. The highest BCUT2D eigenvalue weighted by molar-refractivity contribution is 5.87. The fourth-order valence-corrected chi connectivity index (χ4v) is 1.84. The summed E-state index contributed by atoms with van der Waals surface area (Å²) in [5, 5.41) is 2.18. The zero-order valence-corrected chi connectivity index (χ0v) is 9.94. The third kappa shape index (κ3) is 2.01. The van der Waals surface area contributed by atoms with Gasteiger partial charge in [0.2, 0.25) is 0 Å². The van der Waals surface area contributed by atoms with E-state index < -0.39 is 11.5 Å². The summed E-state index contributed by atoms with van der Waals surface area (Å²) in [5.74, 6) is -0.437. The van der Waals surface area contributed by atoms with Crippen LogP contribution < -0.4 is 5.73 Å². The van der Waals surface area contributed by atoms with Gasteiger partial charge in [0.05, 0.1) is 7.11 Å². The Bertz CT molecular complexity index is 561. The number of ether oxygens (including phenoxy) is 1. The van der Waals surface area contributed by atoms with Gasteiger partial charge < -0.3 is 10.5 Å². The molecule has 2 aromatic carbocycles. The van der Waals surface area contributed by atoms with Crippen molar-refractivity contribution < 1.29 is 9.53 Å². The minimum atomic E-state index is -1.11. The van der Waals surface area contributed by atoms with Crippen molar-refractivity contribution in [1.82, 2.24) is 0 Å². The Hall–Kier alpha value is -1.87. The lowest BCUT2D eigenvalue weighted by molar-refractivity contribution is -0.146. The van der Waals surface area contributed by atoms with E-state index in [-0.39, 0.29) is 0 Å². The van der Waals surface area contributed by atoms with Crippen molar-refractivity contribution in [2.75, 3.05) is 7.11 Å². The number of carbonyl (C=O) groups excluding carboxylic acids is 1. The van der Waals surface area contributed by atoms with Crippen molar-refractivity contribution >= 4 is 16.7 Å². The number of methoxy groups -OCH3 is 1. The highest BCUT2D eigenvalue weighted by atomic mass is 16.5. The molecule has 3 nitrogen and oxygen atoms in total. The van der Waals surface area contributed by atoms with Gasteiger partial charge in [-0.3, -0.25) is 0 Å². The number of nitrogens with two attached hydrogens (primary N) is 1. The van der Waals surface area contributed by atoms with E-state index in [1.165, 1.54) is 7.11 Å². The maximum absolute atomic E-state index is 11.6. The predicted octanol–water partition coefficient (Wildman–Crippen LogP) is 2.19. The van der Waals surface area contributed by atoms with Crippen LogP contribution in [-0.2, 0) is 15.1 Å². The molecule has 0 saturated heterocycles. The van der Waals surface area contributed by atoms with Crippen molar-refractivity contribution in [3.8, 4) is 0 Å². The first-order valence-corrected chi connectivity index (χ1v) is 5.42. The number of carbonyl (C=O) groups is 1. The number of rotatable bonds is 2. The van der Waals surface area contributed by atoms with Crippen molar-refractivity contribution in [1.29, 1.82) is 0 Å². The second-order valence-corrected chi connectivity index (χ2v) is 4.26. The van der Waals surface area contributed by atoms with Crippen LogP contribution in [0.15, 0.2) is 42.5 Å². The topological polar surface area (TPSA) is 52.3 Å². The minimum Gasteiger partial charge on any atom is -0.467 e. The fraction of sp³-hybridized carbons (Fsp3) is 0.214. The zero-order valence-electron chi connectivity index (χ0n) is 9.94. The van der Waals surface area contributed by atoms with Crippen LogP contribution in [0.4, 0.5) is 0 Å². The molecule has 0 heterocycles. The lowest BCUT2D eigenvalue weighted by atomic mass is 9.91. The van der Waals surface area contributed by atoms with Gasteiger partial charge in [0.1, 0.15) is 5.54 Å². The fourth-order valence-electron chi connectivity index (χ4n) is 1.84. The summed E-state index contributed by atoms with van der Waals surface area (Å²) in [6.07, 6.45) is 0. The number of hydrogen-bond donors (Lipinski definition) is 1. The molecule has 0 aliphatic carbocycles. The number of benzene rings is 2. The Morgan fingerprint density at radius 2 is 1.82 bits per heavy atom. The normalized spacial score (nSPS) is 14.3. The molecule has 1 atom stereocenters. The Labute approximate surface area is 100 Å². The van der Waals surface area contributed by atoms with Crippen LogP contribution >= 0.6 is 0 Å². The minimum absolute atomic E-state index is 0.437. The van der Waals surface area contributed by atoms with Crippen LogP contribution in [0.2, 0.25) is 0 Å². The van der Waals surface area contributed by atoms with E-state index in [1.807, 2.05) is 42.5 Å². The molecule has 3 heteroatoms. The van der Waals surface area contributed by atoms with E-state index in [2.05, 4.69) is 0 Å². The molecule has 88 valence electrons. The summed E-state index contributed by atoms with van der Waals surface area (Å²) < 4.78 is 4.72. The van der Waals surface area contributed by atoms with Gasteiger partial charge in [0.25, 0.3) is 0 Å². The molecule has 0 saturated carbocycles. The number of hydrogen-bond acceptors (Lipinski definition) is 3. The monoisotopic (exact) mass is 229 g/mol. The maximum atomic E-state index is 11.6. The van der Waals surface area contributed by atoms with E-state index in [0.29, 0.717) is 0 Å². The van der Waals surface area contributed by atoms with Crippen molar-refractivity contribution in [3.63, 3.8) is 0 Å². The van der Waals surface area contributed by atoms with Gasteiger partial charge >= 0.3 is 5.97 Å². The van der Waals surface area contributed by atoms with E-state index >= 15 is 0 Å². The Balaban J connectivity index is 2.53. The lowest BCUT2D eigenvalue weighted by Crippen LogP contribution is -2.42. The Kier molecular flexibility index (Phi) is 2.86. The SMILES string of the molecule is COC(=O)[C@](C)(N)c1ccc2ccccc2c1. The average Bonchev–Trinajstić information content (AvgIpc) is 2.37. The standard InChI is InChI=1S/C14H15NO2/c1-14(15,13(16)17-2)12-8-7-10-5-3-4-6-11(10)9-12/h3-9H,15H2,1-2H3/t14-/m1/s1. The molecular weight excluding hydrogens is 214 g/mol. The largest absolute Gasteiger partial charge is 0.467 e. The van der Waals surface area contributed by atoms with Crippen LogP contribution in [0.25, 0.3) is 10.8 Å². The third-order valence-corrected chi connectivity index (χ3v) is 2.96. The Morgan fingerprint density at radius 3 is 2.47 bits per heavy atom. The molecule has 0 radical (unpaired) electrons. The number of esters is 1. The quantitative estimate of drug-likeness (QED) is 0.803. The van der Waals surface area contributed by atoms with Gasteiger partial charge in [-0.1, -0.05) is 36.4 Å². The molecule has 0 aromatic heterocycles. The first kappa shape index (κ1) is 11.6. The van der Waals surface area contributed by atoms with Gasteiger partial charge in [0, 0.05) is 0 Å². The first-order valence-electron chi connectivity index (χ1n) is 5.42. The zero-order chi connectivity index (χ0) is 12.5. The lowest BCUT2D eigenvalue weighted by Gasteiger charge is -2.22. The smallest absolute Gasteiger partial charge is 0.330 e. The summed E-state index contributed by atoms with van der Waals surface area (Å²) in [7, 11) is 1.34. The van der Waals surface area contributed by atoms with Crippen molar-refractivity contribution in [2.24, 2.45) is 5.73 Å². The Morgan fingerprint density at radius 1 is 1.18 bits per heavy atom. The van der Waals surface area contributed by atoms with Gasteiger partial charge in [0.15, 0.2) is 0 Å². The first-order chi connectivity index (χ1) is 8.05. The molecule has 0 unspecified atom stereocenters. The molecule has 0 fully saturated rings. The summed E-state index contributed by atoms with van der Waals surface area (Å²) in [4.78, 5) is 11.6. The molecular formula is C14H15NO2. The number of fused-ring (bicyclic) bond motifs is 1. The molecule has 2 N–H and O–H groups in total. The van der Waals surface area contributed by atoms with Crippen LogP contribution in [0.5, 0.6) is 0 Å². The van der Waals surface area contributed by atoms with Gasteiger partial charge in [-0.2, -0.15) is 0 Å². The van der Waals surface area contributed by atoms with E-state index in [1.54, 1.807) is 6.92 Å². The molecule has 2 rings (SSSR count). The van der Waals surface area contributed by atoms with Crippen molar-refractivity contribution in [3.05, 3.63) is 48.0 Å². The second-order valence-electron chi connectivity index (χ2n) is 4.26. The summed E-state index contributed by atoms with van der Waals surface area (Å²) >= 11 is 0. The maximum Gasteiger partial charge on any atom is 0.330 e. The average molecular weight is 229 g/mol. The van der Waals surface area contributed by atoms with E-state index in [9.17, 15) is 4.79 Å². The molecule has 0 aliphatic heterocycles. The van der Waals surface area contributed by atoms with Gasteiger partial charge in [-0.15, -0.1) is 0 Å². The summed E-state index contributed by atoms with van der Waals surface area (Å²) in [6.45, 7) is 1.66. The van der Waals surface area contributed by atoms with E-state index in [0.717, 1.165) is 16.3 Å². The van der Waals surface area contributed by atoms with Crippen LogP contribution in [-0.4, -0.2) is 13.1 Å².